The summed E-state index contributed by atoms with van der Waals surface area (Å²) in [4.78, 5) is 30.4. The minimum Gasteiger partial charge on any atom is -0.270 e. The van der Waals surface area contributed by atoms with Crippen molar-refractivity contribution in [2.45, 2.75) is 11.4 Å². The summed E-state index contributed by atoms with van der Waals surface area (Å²) in [6, 6.07) is 19.3. The van der Waals surface area contributed by atoms with Gasteiger partial charge in [0.25, 0.3) is 21.8 Å². The third-order valence-corrected chi connectivity index (χ3v) is 6.79. The Bertz CT molecular complexity index is 1570. The highest BCUT2D eigenvalue weighted by molar-refractivity contribution is 7.92. The van der Waals surface area contributed by atoms with E-state index in [9.17, 15) is 23.3 Å². The number of carbonyl (C=O) groups is 2. The van der Waals surface area contributed by atoms with Crippen molar-refractivity contribution in [1.29, 1.82) is 5.26 Å². The van der Waals surface area contributed by atoms with E-state index in [2.05, 4.69) is 14.8 Å². The monoisotopic (exact) mass is 484 g/mol. The molecule has 5 rings (SSSR count). The molecule has 0 saturated carbocycles. The molecule has 3 heterocycles. The minimum atomic E-state index is -4.09. The van der Waals surface area contributed by atoms with E-state index in [1.54, 1.807) is 42.5 Å². The number of carbonyl (C=O) groups excluding carboxylic acids is 2. The van der Waals surface area contributed by atoms with Crippen molar-refractivity contribution in [1.82, 2.24) is 19.7 Å². The number of aromatic nitrogens is 3. The standard InChI is InChI=1S/C24H16N6O4S/c25-13-17-14-27-30(21-7-3-4-12-26-21)22(17)28-35(33,34)18-10-8-16(9-11-18)15-29-23(31)19-5-1-2-6-20(19)24(29)32/h1-12,14,28H,15H2. The summed E-state index contributed by atoms with van der Waals surface area (Å²) in [5, 5.41) is 13.5. The summed E-state index contributed by atoms with van der Waals surface area (Å²) in [7, 11) is -4.09. The molecule has 1 N–H and O–H groups in total. The molecule has 1 aliphatic heterocycles. The number of rotatable bonds is 6. The number of pyridine rings is 1. The lowest BCUT2D eigenvalue weighted by atomic mass is 10.1. The van der Waals surface area contributed by atoms with Crippen molar-refractivity contribution in [2.75, 3.05) is 4.72 Å². The van der Waals surface area contributed by atoms with Crippen LogP contribution < -0.4 is 4.72 Å². The number of anilines is 1. The number of sulfonamides is 1. The molecule has 0 saturated heterocycles. The van der Waals surface area contributed by atoms with Gasteiger partial charge < -0.3 is 0 Å². The highest BCUT2D eigenvalue weighted by atomic mass is 32.2. The third-order valence-electron chi connectivity index (χ3n) is 5.44. The van der Waals surface area contributed by atoms with Gasteiger partial charge in [-0.2, -0.15) is 15.0 Å². The Balaban J connectivity index is 1.38. The smallest absolute Gasteiger partial charge is 0.263 e. The molecule has 0 bridgehead atoms. The zero-order chi connectivity index (χ0) is 24.6. The van der Waals surface area contributed by atoms with Crippen LogP contribution in [0, 0.1) is 11.3 Å². The fraction of sp³-hybridized carbons (Fsp3) is 0.0417. The molecule has 2 amide bonds. The largest absolute Gasteiger partial charge is 0.270 e. The second-order valence-electron chi connectivity index (χ2n) is 7.61. The lowest BCUT2D eigenvalue weighted by molar-refractivity contribution is 0.0642. The van der Waals surface area contributed by atoms with E-state index in [1.165, 1.54) is 41.3 Å². The van der Waals surface area contributed by atoms with Crippen LogP contribution in [-0.2, 0) is 16.6 Å². The molecule has 4 aromatic rings. The molecule has 0 spiro atoms. The first-order valence-electron chi connectivity index (χ1n) is 10.4. The number of nitrogens with one attached hydrogen (secondary N) is 1. The summed E-state index contributed by atoms with van der Waals surface area (Å²) in [6.07, 6.45) is 2.77. The summed E-state index contributed by atoms with van der Waals surface area (Å²) < 4.78 is 29.8. The predicted molar refractivity (Wildman–Crippen MR) is 124 cm³/mol. The summed E-state index contributed by atoms with van der Waals surface area (Å²) >= 11 is 0. The Morgan fingerprint density at radius 2 is 1.57 bits per heavy atom. The molecule has 0 aliphatic carbocycles. The van der Waals surface area contributed by atoms with Gasteiger partial charge in [0, 0.05) is 6.20 Å². The SMILES string of the molecule is N#Cc1cnn(-c2ccccn2)c1NS(=O)(=O)c1ccc(CN2C(=O)c3ccccc3C2=O)cc1. The predicted octanol–water partition coefficient (Wildman–Crippen LogP) is 2.74. The van der Waals surface area contributed by atoms with Crippen molar-refractivity contribution < 1.29 is 18.0 Å². The van der Waals surface area contributed by atoms with Gasteiger partial charge in [-0.25, -0.2) is 13.4 Å². The van der Waals surface area contributed by atoms with Gasteiger partial charge in [-0.3, -0.25) is 19.2 Å². The molecule has 0 atom stereocenters. The van der Waals surface area contributed by atoms with Gasteiger partial charge >= 0.3 is 0 Å². The molecule has 0 radical (unpaired) electrons. The Labute approximate surface area is 200 Å². The fourth-order valence-corrected chi connectivity index (χ4v) is 4.77. The van der Waals surface area contributed by atoms with Crippen LogP contribution in [0.1, 0.15) is 31.8 Å². The molecule has 0 fully saturated rings. The maximum atomic E-state index is 13.1. The number of imide groups is 1. The van der Waals surface area contributed by atoms with Crippen LogP contribution in [0.3, 0.4) is 0 Å². The molecule has 11 heteroatoms. The second-order valence-corrected chi connectivity index (χ2v) is 9.29. The zero-order valence-electron chi connectivity index (χ0n) is 18.0. The normalized spacial score (nSPS) is 12.9. The van der Waals surface area contributed by atoms with E-state index in [-0.39, 0.29) is 22.8 Å². The van der Waals surface area contributed by atoms with Crippen LogP contribution in [0.15, 0.2) is 84.0 Å². The molecule has 0 unspecified atom stereocenters. The van der Waals surface area contributed by atoms with Gasteiger partial charge in [0.2, 0.25) is 0 Å². The van der Waals surface area contributed by atoms with Gasteiger partial charge in [-0.1, -0.05) is 30.3 Å². The quantitative estimate of drug-likeness (QED) is 0.415. The van der Waals surface area contributed by atoms with Gasteiger partial charge in [-0.05, 0) is 42.0 Å². The zero-order valence-corrected chi connectivity index (χ0v) is 18.8. The molecular weight excluding hydrogens is 468 g/mol. The average Bonchev–Trinajstić information content (AvgIpc) is 3.38. The second kappa shape index (κ2) is 8.51. The lowest BCUT2D eigenvalue weighted by Gasteiger charge is -2.14. The van der Waals surface area contributed by atoms with Crippen molar-refractivity contribution >= 4 is 27.7 Å². The molecule has 35 heavy (non-hydrogen) atoms. The van der Waals surface area contributed by atoms with E-state index in [0.29, 0.717) is 22.5 Å². The van der Waals surface area contributed by atoms with E-state index in [0.717, 1.165) is 4.90 Å². The topological polar surface area (TPSA) is 138 Å². The minimum absolute atomic E-state index is 0.00509. The third kappa shape index (κ3) is 3.92. The number of benzene rings is 2. The van der Waals surface area contributed by atoms with Crippen LogP contribution in [0.2, 0.25) is 0 Å². The first-order chi connectivity index (χ1) is 16.9. The number of hydrogen-bond acceptors (Lipinski definition) is 7. The van der Waals surface area contributed by atoms with Gasteiger partial charge in [0.15, 0.2) is 11.6 Å². The van der Waals surface area contributed by atoms with Crippen molar-refractivity contribution in [3.8, 4) is 11.9 Å². The molecule has 1 aliphatic rings. The number of fused-ring (bicyclic) bond motifs is 1. The Hall–Kier alpha value is -4.82. The Kier molecular flexibility index (Phi) is 5.35. The van der Waals surface area contributed by atoms with E-state index in [4.69, 9.17) is 0 Å². The van der Waals surface area contributed by atoms with Gasteiger partial charge in [0.05, 0.1) is 28.8 Å². The van der Waals surface area contributed by atoms with Crippen molar-refractivity contribution in [2.24, 2.45) is 0 Å². The highest BCUT2D eigenvalue weighted by Gasteiger charge is 2.35. The first kappa shape index (κ1) is 22.0. The molecule has 172 valence electrons. The molecule has 10 nitrogen and oxygen atoms in total. The summed E-state index contributed by atoms with van der Waals surface area (Å²) in [5.41, 5.74) is 1.30. The van der Waals surface area contributed by atoms with E-state index >= 15 is 0 Å². The van der Waals surface area contributed by atoms with Gasteiger partial charge in [-0.15, -0.1) is 0 Å². The average molecular weight is 484 g/mol. The maximum Gasteiger partial charge on any atom is 0.263 e. The first-order valence-corrected chi connectivity index (χ1v) is 11.8. The van der Waals surface area contributed by atoms with Crippen LogP contribution in [-0.4, -0.2) is 39.9 Å². The number of nitrogens with zero attached hydrogens (tertiary/aromatic N) is 5. The van der Waals surface area contributed by atoms with Crippen LogP contribution in [0.5, 0.6) is 0 Å². The highest BCUT2D eigenvalue weighted by Crippen LogP contribution is 2.26. The van der Waals surface area contributed by atoms with E-state index < -0.39 is 21.8 Å². The van der Waals surface area contributed by atoms with Crippen molar-refractivity contribution in [3.63, 3.8) is 0 Å². The Morgan fingerprint density at radius 1 is 0.914 bits per heavy atom. The lowest BCUT2D eigenvalue weighted by Crippen LogP contribution is -2.29. The summed E-state index contributed by atoms with van der Waals surface area (Å²) in [5.74, 6) is -0.490. The van der Waals surface area contributed by atoms with E-state index in [1.807, 2.05) is 6.07 Å². The maximum absolute atomic E-state index is 13.1. The number of amides is 2. The fourth-order valence-electron chi connectivity index (χ4n) is 3.71. The van der Waals surface area contributed by atoms with Crippen molar-refractivity contribution in [3.05, 3.63) is 101 Å². The van der Waals surface area contributed by atoms with Crippen LogP contribution in [0.4, 0.5) is 5.82 Å². The van der Waals surface area contributed by atoms with Crippen LogP contribution in [0.25, 0.3) is 5.82 Å². The number of hydrogen-bond donors (Lipinski definition) is 1. The molecular formula is C24H16N6O4S. The Morgan fingerprint density at radius 3 is 2.17 bits per heavy atom. The van der Waals surface area contributed by atoms with Crippen LogP contribution >= 0.6 is 0 Å². The molecule has 2 aromatic carbocycles. The molecule has 2 aromatic heterocycles. The summed E-state index contributed by atoms with van der Waals surface area (Å²) in [6.45, 7) is 0.00509. The van der Waals surface area contributed by atoms with Gasteiger partial charge in [0.1, 0.15) is 11.6 Å². The number of nitriles is 1.